The van der Waals surface area contributed by atoms with Crippen LogP contribution >= 0.6 is 0 Å². The molecule has 0 heterocycles. The van der Waals surface area contributed by atoms with E-state index in [9.17, 15) is 13.6 Å². The van der Waals surface area contributed by atoms with E-state index in [2.05, 4.69) is 0 Å². The van der Waals surface area contributed by atoms with Gasteiger partial charge < -0.3 is 14.7 Å². The summed E-state index contributed by atoms with van der Waals surface area (Å²) >= 11 is 0. The van der Waals surface area contributed by atoms with Crippen molar-refractivity contribution in [3.05, 3.63) is 23.8 Å². The lowest BCUT2D eigenvalue weighted by atomic mass is 10.2. The Morgan fingerprint density at radius 3 is 2.56 bits per heavy atom. The van der Waals surface area contributed by atoms with E-state index < -0.39 is 24.2 Å². The minimum Gasteiger partial charge on any atom is -0.480 e. The van der Waals surface area contributed by atoms with Crippen LogP contribution in [0, 0.1) is 11.6 Å². The van der Waals surface area contributed by atoms with Crippen LogP contribution in [-0.4, -0.2) is 31.8 Å². The van der Waals surface area contributed by atoms with Crippen LogP contribution in [0.4, 0.5) is 14.5 Å². The summed E-state index contributed by atoms with van der Waals surface area (Å²) in [5.74, 6) is -3.26. The number of carboxylic acid groups (broad SMARTS) is 1. The van der Waals surface area contributed by atoms with E-state index in [-0.39, 0.29) is 11.4 Å². The SMILES string of the molecule is CN(C)c1c(OCC(=O)O)ccc(F)c1F. The van der Waals surface area contributed by atoms with Crippen molar-refractivity contribution < 1.29 is 23.4 Å². The monoisotopic (exact) mass is 231 g/mol. The molecule has 0 aliphatic heterocycles. The molecule has 1 aromatic carbocycles. The van der Waals surface area contributed by atoms with Gasteiger partial charge in [0.05, 0.1) is 0 Å². The Kier molecular flexibility index (Phi) is 3.65. The van der Waals surface area contributed by atoms with E-state index in [0.29, 0.717) is 0 Å². The highest BCUT2D eigenvalue weighted by molar-refractivity contribution is 5.69. The first-order valence-corrected chi connectivity index (χ1v) is 4.43. The first-order chi connectivity index (χ1) is 7.43. The molecule has 0 saturated carbocycles. The van der Waals surface area contributed by atoms with Crippen molar-refractivity contribution in [2.75, 3.05) is 25.6 Å². The van der Waals surface area contributed by atoms with Gasteiger partial charge in [-0.25, -0.2) is 13.6 Å². The van der Waals surface area contributed by atoms with E-state index in [4.69, 9.17) is 9.84 Å². The molecule has 0 aliphatic carbocycles. The van der Waals surface area contributed by atoms with Gasteiger partial charge in [0.1, 0.15) is 11.4 Å². The fourth-order valence-electron chi connectivity index (χ4n) is 1.19. The number of carboxylic acids is 1. The number of benzene rings is 1. The predicted octanol–water partition coefficient (Wildman–Crippen LogP) is 1.49. The Morgan fingerprint density at radius 1 is 1.44 bits per heavy atom. The third kappa shape index (κ3) is 2.59. The summed E-state index contributed by atoms with van der Waals surface area (Å²) in [5, 5.41) is 8.42. The van der Waals surface area contributed by atoms with E-state index in [0.717, 1.165) is 6.07 Å². The van der Waals surface area contributed by atoms with Crippen molar-refractivity contribution in [3.63, 3.8) is 0 Å². The molecular formula is C10H11F2NO3. The summed E-state index contributed by atoms with van der Waals surface area (Å²) in [6.45, 7) is -0.605. The second kappa shape index (κ2) is 4.78. The van der Waals surface area contributed by atoms with Crippen molar-refractivity contribution in [1.82, 2.24) is 0 Å². The largest absolute Gasteiger partial charge is 0.480 e. The fraction of sp³-hybridized carbons (Fsp3) is 0.300. The molecule has 0 radical (unpaired) electrons. The molecule has 88 valence electrons. The Hall–Kier alpha value is -1.85. The molecule has 0 saturated heterocycles. The Labute approximate surface area is 91.1 Å². The third-order valence-corrected chi connectivity index (χ3v) is 1.83. The first-order valence-electron chi connectivity index (χ1n) is 4.43. The normalized spacial score (nSPS) is 10.0. The van der Waals surface area contributed by atoms with Gasteiger partial charge in [0.25, 0.3) is 0 Å². The van der Waals surface area contributed by atoms with Gasteiger partial charge in [0.2, 0.25) is 0 Å². The van der Waals surface area contributed by atoms with E-state index in [1.54, 1.807) is 0 Å². The third-order valence-electron chi connectivity index (χ3n) is 1.83. The standard InChI is InChI=1S/C10H11F2NO3/c1-13(2)10-7(16-5-8(14)15)4-3-6(11)9(10)12/h3-4H,5H2,1-2H3,(H,14,15). The maximum atomic E-state index is 13.4. The summed E-state index contributed by atoms with van der Waals surface area (Å²) < 4.78 is 31.2. The maximum Gasteiger partial charge on any atom is 0.341 e. The second-order valence-corrected chi connectivity index (χ2v) is 3.28. The van der Waals surface area contributed by atoms with Crippen LogP contribution in [0.15, 0.2) is 12.1 Å². The highest BCUT2D eigenvalue weighted by atomic mass is 19.2. The molecule has 0 bridgehead atoms. The number of halogens is 2. The number of hydrogen-bond acceptors (Lipinski definition) is 3. The highest BCUT2D eigenvalue weighted by Gasteiger charge is 2.17. The van der Waals surface area contributed by atoms with E-state index in [1.807, 2.05) is 0 Å². The number of hydrogen-bond donors (Lipinski definition) is 1. The Morgan fingerprint density at radius 2 is 2.06 bits per heavy atom. The number of aliphatic carboxylic acids is 1. The van der Waals surface area contributed by atoms with Gasteiger partial charge in [0, 0.05) is 14.1 Å². The van der Waals surface area contributed by atoms with Crippen molar-refractivity contribution in [2.45, 2.75) is 0 Å². The van der Waals surface area contributed by atoms with Crippen LogP contribution in [-0.2, 0) is 4.79 Å². The average Bonchev–Trinajstić information content (AvgIpc) is 2.19. The van der Waals surface area contributed by atoms with E-state index >= 15 is 0 Å². The number of nitrogens with zero attached hydrogens (tertiary/aromatic N) is 1. The Bertz CT molecular complexity index is 407. The molecule has 4 nitrogen and oxygen atoms in total. The molecule has 0 spiro atoms. The fourth-order valence-corrected chi connectivity index (χ4v) is 1.19. The first kappa shape index (κ1) is 12.2. The lowest BCUT2D eigenvalue weighted by Gasteiger charge is -2.18. The molecule has 0 atom stereocenters. The zero-order chi connectivity index (χ0) is 12.3. The summed E-state index contributed by atoms with van der Waals surface area (Å²) in [6, 6.07) is 2.08. The van der Waals surface area contributed by atoms with Gasteiger partial charge >= 0.3 is 5.97 Å². The van der Waals surface area contributed by atoms with Gasteiger partial charge in [-0.3, -0.25) is 0 Å². The molecule has 1 rings (SSSR count). The highest BCUT2D eigenvalue weighted by Crippen LogP contribution is 2.31. The molecule has 0 amide bonds. The minimum absolute atomic E-state index is 0.00806. The Balaban J connectivity index is 3.08. The molecule has 0 aliphatic rings. The van der Waals surface area contributed by atoms with Crippen molar-refractivity contribution >= 4 is 11.7 Å². The quantitative estimate of drug-likeness (QED) is 0.853. The van der Waals surface area contributed by atoms with Crippen LogP contribution in [0.25, 0.3) is 0 Å². The number of ether oxygens (including phenoxy) is 1. The lowest BCUT2D eigenvalue weighted by Crippen LogP contribution is -2.16. The molecule has 6 heteroatoms. The summed E-state index contributed by atoms with van der Waals surface area (Å²) in [4.78, 5) is 11.6. The average molecular weight is 231 g/mol. The van der Waals surface area contributed by atoms with Crippen LogP contribution < -0.4 is 9.64 Å². The zero-order valence-corrected chi connectivity index (χ0v) is 8.83. The van der Waals surface area contributed by atoms with Crippen molar-refractivity contribution in [2.24, 2.45) is 0 Å². The van der Waals surface area contributed by atoms with Crippen LogP contribution in [0.3, 0.4) is 0 Å². The van der Waals surface area contributed by atoms with Gasteiger partial charge in [-0.2, -0.15) is 0 Å². The number of rotatable bonds is 4. The topological polar surface area (TPSA) is 49.8 Å². The second-order valence-electron chi connectivity index (χ2n) is 3.28. The van der Waals surface area contributed by atoms with Crippen molar-refractivity contribution in [1.29, 1.82) is 0 Å². The van der Waals surface area contributed by atoms with Crippen LogP contribution in [0.1, 0.15) is 0 Å². The minimum atomic E-state index is -1.19. The molecule has 1 aromatic rings. The number of anilines is 1. The van der Waals surface area contributed by atoms with Crippen LogP contribution in [0.5, 0.6) is 5.75 Å². The van der Waals surface area contributed by atoms with Gasteiger partial charge in [-0.1, -0.05) is 0 Å². The molecule has 16 heavy (non-hydrogen) atoms. The maximum absolute atomic E-state index is 13.4. The van der Waals surface area contributed by atoms with E-state index in [1.165, 1.54) is 25.1 Å². The molecule has 1 N–H and O–H groups in total. The molecular weight excluding hydrogens is 220 g/mol. The lowest BCUT2D eigenvalue weighted by molar-refractivity contribution is -0.139. The summed E-state index contributed by atoms with van der Waals surface area (Å²) in [6.07, 6.45) is 0. The van der Waals surface area contributed by atoms with Gasteiger partial charge in [-0.15, -0.1) is 0 Å². The summed E-state index contributed by atoms with van der Waals surface area (Å²) in [5.41, 5.74) is -0.110. The molecule has 0 unspecified atom stereocenters. The molecule has 0 fully saturated rings. The summed E-state index contributed by atoms with van der Waals surface area (Å²) in [7, 11) is 3.01. The number of carbonyl (C=O) groups is 1. The van der Waals surface area contributed by atoms with Crippen molar-refractivity contribution in [3.8, 4) is 5.75 Å². The molecule has 0 aromatic heterocycles. The van der Waals surface area contributed by atoms with Gasteiger partial charge in [-0.05, 0) is 12.1 Å². The smallest absolute Gasteiger partial charge is 0.341 e. The van der Waals surface area contributed by atoms with Gasteiger partial charge in [0.15, 0.2) is 18.2 Å². The van der Waals surface area contributed by atoms with Crippen LogP contribution in [0.2, 0.25) is 0 Å². The zero-order valence-electron chi connectivity index (χ0n) is 8.83. The predicted molar refractivity (Wildman–Crippen MR) is 53.8 cm³/mol.